The van der Waals surface area contributed by atoms with E-state index in [1.807, 2.05) is 35.7 Å². The predicted octanol–water partition coefficient (Wildman–Crippen LogP) is 0.473. The second-order valence-electron chi connectivity index (χ2n) is 4.50. The van der Waals surface area contributed by atoms with Crippen molar-refractivity contribution in [3.63, 3.8) is 0 Å². The fourth-order valence-electron chi connectivity index (χ4n) is 1.53. The number of fused-ring (bicyclic) bond motifs is 1. The summed E-state index contributed by atoms with van der Waals surface area (Å²) in [5.74, 6) is 0.503. The minimum absolute atomic E-state index is 0.183. The highest BCUT2D eigenvalue weighted by Gasteiger charge is 2.25. The van der Waals surface area contributed by atoms with E-state index in [9.17, 15) is 4.79 Å². The highest BCUT2D eigenvalue weighted by molar-refractivity contribution is 5.85. The van der Waals surface area contributed by atoms with Crippen molar-refractivity contribution in [2.45, 2.75) is 32.4 Å². The molecule has 2 heterocycles. The molecule has 0 fully saturated rings. The molecule has 18 heavy (non-hydrogen) atoms. The third-order valence-corrected chi connectivity index (χ3v) is 3.04. The Hall–Kier alpha value is -1.95. The quantitative estimate of drug-likeness (QED) is 0.822. The van der Waals surface area contributed by atoms with E-state index < -0.39 is 5.54 Å². The van der Waals surface area contributed by atoms with Gasteiger partial charge in [-0.1, -0.05) is 13.0 Å². The molecule has 1 atom stereocenters. The van der Waals surface area contributed by atoms with Gasteiger partial charge >= 0.3 is 0 Å². The number of nitrogens with one attached hydrogen (secondary N) is 1. The summed E-state index contributed by atoms with van der Waals surface area (Å²) in [5, 5.41) is 10.8. The van der Waals surface area contributed by atoms with Crippen molar-refractivity contribution in [3.05, 3.63) is 30.2 Å². The van der Waals surface area contributed by atoms with E-state index in [-0.39, 0.29) is 5.91 Å². The first-order valence-corrected chi connectivity index (χ1v) is 5.90. The van der Waals surface area contributed by atoms with Gasteiger partial charge in [0.1, 0.15) is 0 Å². The Balaban J connectivity index is 2.09. The highest BCUT2D eigenvalue weighted by Crippen LogP contribution is 2.06. The molecule has 1 amide bonds. The summed E-state index contributed by atoms with van der Waals surface area (Å²) in [7, 11) is 0. The molecular weight excluding hydrogens is 230 g/mol. The maximum absolute atomic E-state index is 11.8. The van der Waals surface area contributed by atoms with Crippen LogP contribution >= 0.6 is 0 Å². The largest absolute Gasteiger partial charge is 0.347 e. The van der Waals surface area contributed by atoms with Crippen molar-refractivity contribution in [2.24, 2.45) is 5.73 Å². The van der Waals surface area contributed by atoms with Crippen LogP contribution in [0.25, 0.3) is 5.65 Å². The van der Waals surface area contributed by atoms with E-state index >= 15 is 0 Å². The number of carbonyl (C=O) groups excluding carboxylic acids is 1. The van der Waals surface area contributed by atoms with Crippen molar-refractivity contribution in [1.82, 2.24) is 19.9 Å². The molecule has 0 spiro atoms. The van der Waals surface area contributed by atoms with E-state index in [1.54, 1.807) is 6.92 Å². The SMILES string of the molecule is CCC(C)(N)C(=O)NCc1nnc2ccccn12. The van der Waals surface area contributed by atoms with Crippen LogP contribution < -0.4 is 11.1 Å². The molecule has 0 aliphatic carbocycles. The first-order chi connectivity index (χ1) is 8.54. The van der Waals surface area contributed by atoms with E-state index in [0.29, 0.717) is 18.8 Å². The lowest BCUT2D eigenvalue weighted by Gasteiger charge is -2.21. The molecule has 6 heteroatoms. The summed E-state index contributed by atoms with van der Waals surface area (Å²) in [6.45, 7) is 3.91. The third kappa shape index (κ3) is 2.33. The Labute approximate surface area is 105 Å². The molecule has 6 nitrogen and oxygen atoms in total. The number of amides is 1. The van der Waals surface area contributed by atoms with Crippen LogP contribution in [0.15, 0.2) is 24.4 Å². The molecule has 96 valence electrons. The van der Waals surface area contributed by atoms with Gasteiger partial charge in [-0.05, 0) is 25.5 Å². The van der Waals surface area contributed by atoms with Gasteiger partial charge in [-0.3, -0.25) is 9.20 Å². The molecule has 1 unspecified atom stereocenters. The van der Waals surface area contributed by atoms with Gasteiger partial charge in [-0.2, -0.15) is 0 Å². The van der Waals surface area contributed by atoms with Crippen LogP contribution in [0.5, 0.6) is 0 Å². The van der Waals surface area contributed by atoms with Crippen LogP contribution in [0.4, 0.5) is 0 Å². The molecule has 2 rings (SSSR count). The summed E-state index contributed by atoms with van der Waals surface area (Å²) in [4.78, 5) is 11.8. The molecule has 2 aromatic heterocycles. The summed E-state index contributed by atoms with van der Waals surface area (Å²) in [6.07, 6.45) is 2.44. The van der Waals surface area contributed by atoms with Crippen LogP contribution in [0.2, 0.25) is 0 Å². The number of pyridine rings is 1. The van der Waals surface area contributed by atoms with E-state index in [2.05, 4.69) is 15.5 Å². The lowest BCUT2D eigenvalue weighted by Crippen LogP contribution is -2.50. The number of rotatable bonds is 4. The maximum atomic E-state index is 11.8. The first-order valence-electron chi connectivity index (χ1n) is 5.90. The molecule has 0 aliphatic rings. The zero-order valence-electron chi connectivity index (χ0n) is 10.6. The van der Waals surface area contributed by atoms with Crippen molar-refractivity contribution >= 4 is 11.6 Å². The third-order valence-electron chi connectivity index (χ3n) is 3.04. The minimum atomic E-state index is -0.847. The van der Waals surface area contributed by atoms with Crippen LogP contribution in [0.3, 0.4) is 0 Å². The van der Waals surface area contributed by atoms with Crippen LogP contribution in [0.1, 0.15) is 26.1 Å². The standard InChI is InChI=1S/C12H17N5O/c1-3-12(2,13)11(18)14-8-10-16-15-9-6-4-5-7-17(9)10/h4-7H,3,8,13H2,1-2H3,(H,14,18). The molecule has 0 aliphatic heterocycles. The second kappa shape index (κ2) is 4.73. The minimum Gasteiger partial charge on any atom is -0.347 e. The number of carbonyl (C=O) groups is 1. The van der Waals surface area contributed by atoms with Crippen molar-refractivity contribution < 1.29 is 4.79 Å². The number of aromatic nitrogens is 3. The van der Waals surface area contributed by atoms with Gasteiger partial charge < -0.3 is 11.1 Å². The molecule has 0 bridgehead atoms. The van der Waals surface area contributed by atoms with E-state index in [4.69, 9.17) is 5.73 Å². The molecule has 0 saturated carbocycles. The molecule has 2 aromatic rings. The van der Waals surface area contributed by atoms with Gasteiger partial charge in [0.2, 0.25) is 5.91 Å². The van der Waals surface area contributed by atoms with Gasteiger partial charge in [-0.15, -0.1) is 10.2 Å². The normalized spacial score (nSPS) is 14.4. The molecular formula is C12H17N5O. The fourth-order valence-corrected chi connectivity index (χ4v) is 1.53. The molecule has 0 saturated heterocycles. The van der Waals surface area contributed by atoms with E-state index in [1.165, 1.54) is 0 Å². The summed E-state index contributed by atoms with van der Waals surface area (Å²) >= 11 is 0. The molecule has 0 radical (unpaired) electrons. The highest BCUT2D eigenvalue weighted by atomic mass is 16.2. The van der Waals surface area contributed by atoms with Crippen LogP contribution in [-0.4, -0.2) is 26.0 Å². The zero-order valence-corrected chi connectivity index (χ0v) is 10.6. The zero-order chi connectivity index (χ0) is 13.2. The average molecular weight is 247 g/mol. The average Bonchev–Trinajstić information content (AvgIpc) is 2.79. The molecule has 0 aromatic carbocycles. The Morgan fingerprint density at radius 1 is 1.50 bits per heavy atom. The van der Waals surface area contributed by atoms with Crippen molar-refractivity contribution in [3.8, 4) is 0 Å². The number of nitrogens with zero attached hydrogens (tertiary/aromatic N) is 3. The van der Waals surface area contributed by atoms with Crippen molar-refractivity contribution in [1.29, 1.82) is 0 Å². The first kappa shape index (κ1) is 12.5. The number of hydrogen-bond donors (Lipinski definition) is 2. The Kier molecular flexibility index (Phi) is 3.29. The second-order valence-corrected chi connectivity index (χ2v) is 4.50. The lowest BCUT2D eigenvalue weighted by molar-refractivity contribution is -0.126. The molecule has 3 N–H and O–H groups in total. The maximum Gasteiger partial charge on any atom is 0.240 e. The van der Waals surface area contributed by atoms with Gasteiger partial charge in [-0.25, -0.2) is 0 Å². The lowest BCUT2D eigenvalue weighted by atomic mass is 10.00. The van der Waals surface area contributed by atoms with E-state index in [0.717, 1.165) is 5.65 Å². The Bertz CT molecular complexity index is 560. The number of hydrogen-bond acceptors (Lipinski definition) is 4. The Morgan fingerprint density at radius 2 is 2.28 bits per heavy atom. The van der Waals surface area contributed by atoms with Crippen LogP contribution in [0, 0.1) is 0 Å². The van der Waals surface area contributed by atoms with Crippen molar-refractivity contribution in [2.75, 3.05) is 0 Å². The Morgan fingerprint density at radius 3 is 3.00 bits per heavy atom. The van der Waals surface area contributed by atoms with Gasteiger partial charge in [0.05, 0.1) is 12.1 Å². The summed E-state index contributed by atoms with van der Waals surface area (Å²) in [6, 6.07) is 5.64. The monoisotopic (exact) mass is 247 g/mol. The summed E-state index contributed by atoms with van der Waals surface area (Å²) < 4.78 is 1.83. The predicted molar refractivity (Wildman–Crippen MR) is 67.7 cm³/mol. The van der Waals surface area contributed by atoms with Gasteiger partial charge in [0, 0.05) is 6.20 Å². The number of nitrogens with two attached hydrogens (primary N) is 1. The smallest absolute Gasteiger partial charge is 0.240 e. The van der Waals surface area contributed by atoms with Gasteiger partial charge in [0.15, 0.2) is 11.5 Å². The topological polar surface area (TPSA) is 85.3 Å². The van der Waals surface area contributed by atoms with Crippen LogP contribution in [-0.2, 0) is 11.3 Å². The summed E-state index contributed by atoms with van der Waals surface area (Å²) in [5.41, 5.74) is 5.77. The van der Waals surface area contributed by atoms with Gasteiger partial charge in [0.25, 0.3) is 0 Å². The fraction of sp³-hybridized carbons (Fsp3) is 0.417.